The largest absolute Gasteiger partial charge is 0.495 e. The van der Waals surface area contributed by atoms with Gasteiger partial charge in [-0.25, -0.2) is 13.6 Å². The predicted octanol–water partition coefficient (Wildman–Crippen LogP) is 3.66. The van der Waals surface area contributed by atoms with Gasteiger partial charge in [-0.15, -0.1) is 0 Å². The first kappa shape index (κ1) is 20.3. The zero-order valence-electron chi connectivity index (χ0n) is 15.7. The van der Waals surface area contributed by atoms with Crippen molar-refractivity contribution in [1.29, 1.82) is 0 Å². The monoisotopic (exact) mass is 408 g/mol. The maximum absolute atomic E-state index is 12.2. The second-order valence-corrected chi connectivity index (χ2v) is 7.75. The number of hydrogen-bond donors (Lipinski definition) is 2. The molecule has 6 nitrogen and oxygen atoms in total. The van der Waals surface area contributed by atoms with Gasteiger partial charge < -0.3 is 10.1 Å². The number of nitrogens with one attached hydrogen (secondary N) is 1. The molecule has 0 aliphatic carbocycles. The van der Waals surface area contributed by atoms with E-state index in [4.69, 9.17) is 9.88 Å². The van der Waals surface area contributed by atoms with E-state index in [1.807, 2.05) is 54.6 Å². The first-order chi connectivity index (χ1) is 13.9. The minimum absolute atomic E-state index is 0.110. The third-order valence-electron chi connectivity index (χ3n) is 4.16. The summed E-state index contributed by atoms with van der Waals surface area (Å²) in [5.74, 6) is -0.292. The highest BCUT2D eigenvalue weighted by atomic mass is 32.2. The summed E-state index contributed by atoms with van der Waals surface area (Å²) >= 11 is 0. The highest BCUT2D eigenvalue weighted by Crippen LogP contribution is 2.26. The number of carbonyl (C=O) groups is 1. The van der Waals surface area contributed by atoms with Crippen LogP contribution in [0.5, 0.6) is 5.75 Å². The van der Waals surface area contributed by atoms with E-state index in [0.717, 1.165) is 16.7 Å². The van der Waals surface area contributed by atoms with Gasteiger partial charge in [0.15, 0.2) is 0 Å². The molecule has 0 fully saturated rings. The van der Waals surface area contributed by atoms with Crippen LogP contribution in [0.4, 0.5) is 5.69 Å². The Kier molecular flexibility index (Phi) is 6.11. The van der Waals surface area contributed by atoms with Gasteiger partial charge in [0.2, 0.25) is 15.9 Å². The molecule has 148 valence electrons. The Morgan fingerprint density at radius 1 is 0.966 bits per heavy atom. The summed E-state index contributed by atoms with van der Waals surface area (Å²) < 4.78 is 28.4. The number of methoxy groups -OCH3 is 1. The third-order valence-corrected chi connectivity index (χ3v) is 5.09. The van der Waals surface area contributed by atoms with Crippen LogP contribution < -0.4 is 15.2 Å². The zero-order valence-corrected chi connectivity index (χ0v) is 16.5. The summed E-state index contributed by atoms with van der Waals surface area (Å²) in [6.07, 6.45) is 3.07. The second kappa shape index (κ2) is 8.72. The van der Waals surface area contributed by atoms with E-state index in [1.165, 1.54) is 31.4 Å². The molecule has 0 radical (unpaired) electrons. The molecule has 0 aromatic heterocycles. The van der Waals surface area contributed by atoms with Crippen molar-refractivity contribution in [3.63, 3.8) is 0 Å². The SMILES string of the molecule is COc1ccc(NC(=O)/C=C/c2cccc(-c3ccccc3)c2)cc1S(N)(=O)=O. The van der Waals surface area contributed by atoms with Crippen LogP contribution in [0.3, 0.4) is 0 Å². The molecule has 0 bridgehead atoms. The van der Waals surface area contributed by atoms with Crippen molar-refractivity contribution < 1.29 is 17.9 Å². The number of ether oxygens (including phenoxy) is 1. The number of anilines is 1. The first-order valence-corrected chi connectivity index (χ1v) is 10.3. The number of primary sulfonamides is 1. The van der Waals surface area contributed by atoms with Gasteiger partial charge in [0.1, 0.15) is 10.6 Å². The second-order valence-electron chi connectivity index (χ2n) is 6.22. The van der Waals surface area contributed by atoms with Crippen molar-refractivity contribution in [2.45, 2.75) is 4.90 Å². The Morgan fingerprint density at radius 3 is 2.38 bits per heavy atom. The van der Waals surface area contributed by atoms with Gasteiger partial charge in [0, 0.05) is 11.8 Å². The van der Waals surface area contributed by atoms with Crippen LogP contribution in [0.2, 0.25) is 0 Å². The molecular weight excluding hydrogens is 388 g/mol. The molecule has 0 saturated heterocycles. The molecule has 3 N–H and O–H groups in total. The fourth-order valence-corrected chi connectivity index (χ4v) is 3.51. The predicted molar refractivity (Wildman–Crippen MR) is 114 cm³/mol. The summed E-state index contributed by atoms with van der Waals surface area (Å²) in [6, 6.07) is 21.9. The Labute approximate surface area is 169 Å². The van der Waals surface area contributed by atoms with E-state index in [0.29, 0.717) is 5.69 Å². The molecule has 0 spiro atoms. The number of hydrogen-bond acceptors (Lipinski definition) is 4. The molecule has 7 heteroatoms. The van der Waals surface area contributed by atoms with Crippen LogP contribution in [0, 0.1) is 0 Å². The third kappa shape index (κ3) is 5.31. The minimum atomic E-state index is -3.98. The lowest BCUT2D eigenvalue weighted by Gasteiger charge is -2.09. The van der Waals surface area contributed by atoms with Crippen LogP contribution in [-0.4, -0.2) is 21.4 Å². The molecular formula is C22H20N2O4S. The van der Waals surface area contributed by atoms with Gasteiger partial charge in [0.05, 0.1) is 7.11 Å². The molecule has 3 aromatic rings. The lowest BCUT2D eigenvalue weighted by molar-refractivity contribution is -0.111. The van der Waals surface area contributed by atoms with Crippen molar-refractivity contribution in [2.75, 3.05) is 12.4 Å². The van der Waals surface area contributed by atoms with Crippen molar-refractivity contribution in [3.05, 3.63) is 84.4 Å². The summed E-state index contributed by atoms with van der Waals surface area (Å²) in [5, 5.41) is 7.82. The van der Waals surface area contributed by atoms with Crippen LogP contribution in [0.25, 0.3) is 17.2 Å². The van der Waals surface area contributed by atoms with Gasteiger partial charge in [-0.1, -0.05) is 48.5 Å². The van der Waals surface area contributed by atoms with Gasteiger partial charge in [-0.3, -0.25) is 4.79 Å². The molecule has 29 heavy (non-hydrogen) atoms. The lowest BCUT2D eigenvalue weighted by atomic mass is 10.0. The smallest absolute Gasteiger partial charge is 0.248 e. The highest BCUT2D eigenvalue weighted by molar-refractivity contribution is 7.89. The topological polar surface area (TPSA) is 98.5 Å². The number of sulfonamides is 1. The molecule has 0 aliphatic rings. The molecule has 0 unspecified atom stereocenters. The van der Waals surface area contributed by atoms with Crippen LogP contribution >= 0.6 is 0 Å². The first-order valence-electron chi connectivity index (χ1n) is 8.72. The average molecular weight is 408 g/mol. The summed E-state index contributed by atoms with van der Waals surface area (Å²) in [4.78, 5) is 12.0. The molecule has 1 amide bonds. The van der Waals surface area contributed by atoms with Gasteiger partial charge in [0.25, 0.3) is 0 Å². The highest BCUT2D eigenvalue weighted by Gasteiger charge is 2.16. The van der Waals surface area contributed by atoms with Gasteiger partial charge >= 0.3 is 0 Å². The summed E-state index contributed by atoms with van der Waals surface area (Å²) in [6.45, 7) is 0. The van der Waals surface area contributed by atoms with E-state index in [-0.39, 0.29) is 10.6 Å². The van der Waals surface area contributed by atoms with E-state index in [2.05, 4.69) is 5.32 Å². The minimum Gasteiger partial charge on any atom is -0.495 e. The van der Waals surface area contributed by atoms with Gasteiger partial charge in [-0.05, 0) is 47.0 Å². The Morgan fingerprint density at radius 2 is 1.69 bits per heavy atom. The van der Waals surface area contributed by atoms with E-state index in [1.54, 1.807) is 6.08 Å². The maximum atomic E-state index is 12.2. The molecule has 3 rings (SSSR count). The molecule has 0 atom stereocenters. The quantitative estimate of drug-likeness (QED) is 0.608. The van der Waals surface area contributed by atoms with Crippen LogP contribution in [0.1, 0.15) is 5.56 Å². The van der Waals surface area contributed by atoms with E-state index >= 15 is 0 Å². The fraction of sp³-hybridized carbons (Fsp3) is 0.0455. The number of carbonyl (C=O) groups excluding carboxylic acids is 1. The standard InChI is InChI=1S/C22H20N2O4S/c1-28-20-12-11-19(15-21(20)29(23,26)27)24-22(25)13-10-16-6-5-9-18(14-16)17-7-3-2-4-8-17/h2-15H,1H3,(H,24,25)(H2,23,26,27)/b13-10+. The van der Waals surface area contributed by atoms with Crippen molar-refractivity contribution >= 4 is 27.7 Å². The number of nitrogens with two attached hydrogens (primary N) is 1. The number of benzene rings is 3. The molecule has 3 aromatic carbocycles. The van der Waals surface area contributed by atoms with Gasteiger partial charge in [-0.2, -0.15) is 0 Å². The van der Waals surface area contributed by atoms with E-state index < -0.39 is 15.9 Å². The molecule has 0 saturated carbocycles. The van der Waals surface area contributed by atoms with Crippen molar-refractivity contribution in [3.8, 4) is 16.9 Å². The van der Waals surface area contributed by atoms with Crippen LogP contribution in [-0.2, 0) is 14.8 Å². The number of rotatable bonds is 6. The summed E-state index contributed by atoms with van der Waals surface area (Å²) in [7, 11) is -2.64. The number of amides is 1. The molecule has 0 aliphatic heterocycles. The zero-order chi connectivity index (χ0) is 20.9. The van der Waals surface area contributed by atoms with Crippen molar-refractivity contribution in [2.24, 2.45) is 5.14 Å². The Bertz CT molecular complexity index is 1160. The average Bonchev–Trinajstić information content (AvgIpc) is 2.72. The Hall–Kier alpha value is -3.42. The normalized spacial score (nSPS) is 11.4. The lowest BCUT2D eigenvalue weighted by Crippen LogP contribution is -2.15. The maximum Gasteiger partial charge on any atom is 0.248 e. The van der Waals surface area contributed by atoms with Crippen molar-refractivity contribution in [1.82, 2.24) is 0 Å². The summed E-state index contributed by atoms with van der Waals surface area (Å²) in [5.41, 5.74) is 3.28. The van der Waals surface area contributed by atoms with Crippen LogP contribution in [0.15, 0.2) is 83.8 Å². The Balaban J connectivity index is 1.75. The molecule has 0 heterocycles. The fourth-order valence-electron chi connectivity index (χ4n) is 2.79. The van der Waals surface area contributed by atoms with E-state index in [9.17, 15) is 13.2 Å².